The Morgan fingerprint density at radius 3 is 2.08 bits per heavy atom. The maximum atomic E-state index is 12.3. The van der Waals surface area contributed by atoms with E-state index in [1.807, 2.05) is 30.3 Å². The summed E-state index contributed by atoms with van der Waals surface area (Å²) in [5, 5.41) is 0. The molecule has 1 heterocycles. The van der Waals surface area contributed by atoms with Crippen LogP contribution in [-0.4, -0.2) is 26.8 Å². The van der Waals surface area contributed by atoms with E-state index in [0.29, 0.717) is 12.1 Å². The summed E-state index contributed by atoms with van der Waals surface area (Å²) >= 11 is 0. The van der Waals surface area contributed by atoms with E-state index in [2.05, 4.69) is 4.72 Å². The third-order valence-electron chi connectivity index (χ3n) is 4.01. The van der Waals surface area contributed by atoms with E-state index < -0.39 is 10.0 Å². The molecule has 2 aromatic rings. The van der Waals surface area contributed by atoms with Crippen molar-refractivity contribution in [3.8, 4) is 0 Å². The smallest absolute Gasteiger partial charge is 0.240 e. The van der Waals surface area contributed by atoms with Gasteiger partial charge in [0.1, 0.15) is 0 Å². The first-order chi connectivity index (χ1) is 12.0. The number of carbonyl (C=O) groups excluding carboxylic acids is 2. The van der Waals surface area contributed by atoms with Crippen LogP contribution in [0.4, 0.5) is 5.69 Å². The summed E-state index contributed by atoms with van der Waals surface area (Å²) in [6, 6.07) is 15.4. The molecule has 1 fully saturated rings. The average Bonchev–Trinajstić information content (AvgIpc) is 2.94. The van der Waals surface area contributed by atoms with E-state index in [-0.39, 0.29) is 36.1 Å². The van der Waals surface area contributed by atoms with Gasteiger partial charge in [-0.1, -0.05) is 30.3 Å². The van der Waals surface area contributed by atoms with E-state index in [1.54, 1.807) is 0 Å². The molecule has 25 heavy (non-hydrogen) atoms. The van der Waals surface area contributed by atoms with Gasteiger partial charge in [0.15, 0.2) is 0 Å². The third-order valence-corrected chi connectivity index (χ3v) is 5.48. The summed E-state index contributed by atoms with van der Waals surface area (Å²) in [5.41, 5.74) is 1.45. The van der Waals surface area contributed by atoms with E-state index in [4.69, 9.17) is 0 Å². The van der Waals surface area contributed by atoms with Crippen LogP contribution >= 0.6 is 0 Å². The molecule has 7 heteroatoms. The van der Waals surface area contributed by atoms with Gasteiger partial charge < -0.3 is 0 Å². The zero-order valence-corrected chi connectivity index (χ0v) is 14.3. The number of benzene rings is 2. The molecular weight excluding hydrogens is 340 g/mol. The maximum Gasteiger partial charge on any atom is 0.240 e. The Kier molecular flexibility index (Phi) is 4.96. The van der Waals surface area contributed by atoms with Crippen LogP contribution in [0.5, 0.6) is 0 Å². The minimum atomic E-state index is -3.64. The van der Waals surface area contributed by atoms with Crippen LogP contribution in [0, 0.1) is 0 Å². The lowest BCUT2D eigenvalue weighted by Gasteiger charge is -2.14. The van der Waals surface area contributed by atoms with Gasteiger partial charge in [-0.3, -0.25) is 14.5 Å². The molecular formula is C18H18N2O4S. The van der Waals surface area contributed by atoms with Gasteiger partial charge >= 0.3 is 0 Å². The highest BCUT2D eigenvalue weighted by molar-refractivity contribution is 7.89. The van der Waals surface area contributed by atoms with Crippen LogP contribution in [0.2, 0.25) is 0 Å². The van der Waals surface area contributed by atoms with Gasteiger partial charge in [-0.25, -0.2) is 13.1 Å². The van der Waals surface area contributed by atoms with Crippen LogP contribution in [0.3, 0.4) is 0 Å². The number of anilines is 1. The number of carbonyl (C=O) groups is 2. The fourth-order valence-corrected chi connectivity index (χ4v) is 3.73. The van der Waals surface area contributed by atoms with Crippen molar-refractivity contribution in [2.75, 3.05) is 11.4 Å². The highest BCUT2D eigenvalue weighted by Crippen LogP contribution is 2.23. The monoisotopic (exact) mass is 358 g/mol. The molecule has 3 rings (SSSR count). The minimum Gasteiger partial charge on any atom is -0.274 e. The van der Waals surface area contributed by atoms with E-state index in [9.17, 15) is 18.0 Å². The first kappa shape index (κ1) is 17.3. The van der Waals surface area contributed by atoms with Gasteiger partial charge in [-0.2, -0.15) is 0 Å². The quantitative estimate of drug-likeness (QED) is 0.799. The highest BCUT2D eigenvalue weighted by Gasteiger charge is 2.30. The lowest BCUT2D eigenvalue weighted by molar-refractivity contribution is -0.121. The lowest BCUT2D eigenvalue weighted by Crippen LogP contribution is -2.29. The average molecular weight is 358 g/mol. The summed E-state index contributed by atoms with van der Waals surface area (Å²) in [4.78, 5) is 24.6. The van der Waals surface area contributed by atoms with Crippen molar-refractivity contribution < 1.29 is 18.0 Å². The molecule has 0 bridgehead atoms. The van der Waals surface area contributed by atoms with Gasteiger partial charge in [-0.05, 0) is 36.2 Å². The summed E-state index contributed by atoms with van der Waals surface area (Å²) in [7, 11) is -3.64. The number of rotatable bonds is 6. The topological polar surface area (TPSA) is 83.6 Å². The number of hydrogen-bond acceptors (Lipinski definition) is 4. The summed E-state index contributed by atoms with van der Waals surface area (Å²) < 4.78 is 27.2. The molecule has 0 spiro atoms. The van der Waals surface area contributed by atoms with Crippen molar-refractivity contribution in [1.82, 2.24) is 4.72 Å². The molecule has 0 saturated carbocycles. The molecule has 0 unspecified atom stereocenters. The van der Waals surface area contributed by atoms with E-state index in [0.717, 1.165) is 10.5 Å². The molecule has 0 atom stereocenters. The Balaban J connectivity index is 1.66. The Morgan fingerprint density at radius 2 is 1.48 bits per heavy atom. The number of amides is 2. The van der Waals surface area contributed by atoms with Crippen LogP contribution in [-0.2, 0) is 26.0 Å². The van der Waals surface area contributed by atoms with Crippen LogP contribution < -0.4 is 9.62 Å². The standard InChI is InChI=1S/C18H18N2O4S/c21-17-10-11-18(22)20(17)15-6-8-16(9-7-15)25(23,24)19-13-12-14-4-2-1-3-5-14/h1-9,19H,10-13H2. The van der Waals surface area contributed by atoms with Gasteiger partial charge in [0.05, 0.1) is 10.6 Å². The Labute approximate surface area is 146 Å². The first-order valence-corrected chi connectivity index (χ1v) is 9.45. The zero-order chi connectivity index (χ0) is 17.9. The van der Waals surface area contributed by atoms with Crippen LogP contribution in [0.15, 0.2) is 59.5 Å². The van der Waals surface area contributed by atoms with Gasteiger partial charge in [-0.15, -0.1) is 0 Å². The van der Waals surface area contributed by atoms with Crippen molar-refractivity contribution in [3.63, 3.8) is 0 Å². The number of nitrogens with zero attached hydrogens (tertiary/aromatic N) is 1. The SMILES string of the molecule is O=C1CCC(=O)N1c1ccc(S(=O)(=O)NCCc2ccccc2)cc1. The van der Waals surface area contributed by atoms with Crippen molar-refractivity contribution in [2.24, 2.45) is 0 Å². The van der Waals surface area contributed by atoms with Crippen molar-refractivity contribution >= 4 is 27.5 Å². The molecule has 2 amide bonds. The highest BCUT2D eigenvalue weighted by atomic mass is 32.2. The molecule has 1 saturated heterocycles. The minimum absolute atomic E-state index is 0.100. The van der Waals surface area contributed by atoms with Gasteiger partial charge in [0.2, 0.25) is 21.8 Å². The molecule has 2 aromatic carbocycles. The summed E-state index contributed by atoms with van der Waals surface area (Å²) in [6.07, 6.45) is 0.981. The van der Waals surface area contributed by atoms with E-state index in [1.165, 1.54) is 24.3 Å². The molecule has 1 aliphatic rings. The van der Waals surface area contributed by atoms with E-state index >= 15 is 0 Å². The second kappa shape index (κ2) is 7.16. The lowest BCUT2D eigenvalue weighted by atomic mass is 10.2. The molecule has 1 N–H and O–H groups in total. The van der Waals surface area contributed by atoms with Crippen LogP contribution in [0.25, 0.3) is 0 Å². The predicted molar refractivity (Wildman–Crippen MR) is 93.5 cm³/mol. The zero-order valence-electron chi connectivity index (χ0n) is 13.5. The molecule has 130 valence electrons. The second-order valence-electron chi connectivity index (χ2n) is 5.75. The van der Waals surface area contributed by atoms with Gasteiger partial charge in [0, 0.05) is 19.4 Å². The number of sulfonamides is 1. The predicted octanol–water partition coefficient (Wildman–Crippen LogP) is 1.86. The fraction of sp³-hybridized carbons (Fsp3) is 0.222. The number of nitrogens with one attached hydrogen (secondary N) is 1. The Morgan fingerprint density at radius 1 is 0.880 bits per heavy atom. The van der Waals surface area contributed by atoms with Crippen LogP contribution in [0.1, 0.15) is 18.4 Å². The van der Waals surface area contributed by atoms with Crippen molar-refractivity contribution in [3.05, 3.63) is 60.2 Å². The number of imide groups is 1. The normalized spacial score (nSPS) is 15.0. The van der Waals surface area contributed by atoms with Crippen molar-refractivity contribution in [1.29, 1.82) is 0 Å². The fourth-order valence-electron chi connectivity index (χ4n) is 2.70. The largest absolute Gasteiger partial charge is 0.274 e. The third kappa shape index (κ3) is 3.94. The van der Waals surface area contributed by atoms with Gasteiger partial charge in [0.25, 0.3) is 0 Å². The summed E-state index contributed by atoms with van der Waals surface area (Å²) in [5.74, 6) is -0.525. The second-order valence-corrected chi connectivity index (χ2v) is 7.52. The Bertz CT molecular complexity index is 861. The number of hydrogen-bond donors (Lipinski definition) is 1. The summed E-state index contributed by atoms with van der Waals surface area (Å²) in [6.45, 7) is 0.289. The maximum absolute atomic E-state index is 12.3. The Hall–Kier alpha value is -2.51. The molecule has 6 nitrogen and oxygen atoms in total. The molecule has 0 aliphatic carbocycles. The molecule has 0 radical (unpaired) electrons. The first-order valence-electron chi connectivity index (χ1n) is 7.97. The molecule has 1 aliphatic heterocycles. The van der Waals surface area contributed by atoms with Crippen molar-refractivity contribution in [2.45, 2.75) is 24.2 Å². The molecule has 0 aromatic heterocycles.